The van der Waals surface area contributed by atoms with Crippen molar-refractivity contribution in [3.05, 3.63) is 421 Å². The van der Waals surface area contributed by atoms with E-state index in [1.807, 2.05) is 0 Å². The van der Waals surface area contributed by atoms with Gasteiger partial charge in [0.1, 0.15) is 23.0 Å². The number of para-hydroxylation sites is 2. The highest BCUT2D eigenvalue weighted by molar-refractivity contribution is 6.28. The Morgan fingerprint density at radius 2 is 0.470 bits per heavy atom. The Morgan fingerprint density at radius 1 is 0.180 bits per heavy atom. The average Bonchev–Trinajstić information content (AvgIpc) is 0.703. The number of rotatable bonds is 9. The van der Waals surface area contributed by atoms with Gasteiger partial charge in [0.05, 0.1) is 10.8 Å². The van der Waals surface area contributed by atoms with Gasteiger partial charge in [-0.3, -0.25) is 0 Å². The van der Waals surface area contributed by atoms with E-state index in [2.05, 4.69) is 376 Å². The molecule has 0 saturated carbocycles. The maximum absolute atomic E-state index is 7.29. The fourth-order valence-electron chi connectivity index (χ4n) is 17.5. The third-order valence-electron chi connectivity index (χ3n) is 21.7. The van der Waals surface area contributed by atoms with E-state index < -0.39 is 10.8 Å². The fourth-order valence-corrected chi connectivity index (χ4v) is 17.5. The molecule has 0 N–H and O–H groups in total. The molecule has 100 heavy (non-hydrogen) atoms. The van der Waals surface area contributed by atoms with Gasteiger partial charge < -0.3 is 9.47 Å². The Labute approximate surface area is 580 Å². The summed E-state index contributed by atoms with van der Waals surface area (Å²) in [6, 6.07) is 139. The number of hydrogen-bond acceptors (Lipinski definition) is 2. The Hall–Kier alpha value is -12.9. The molecule has 0 radical (unpaired) electrons. The summed E-state index contributed by atoms with van der Waals surface area (Å²) in [5, 5.41) is 14.0. The van der Waals surface area contributed by atoms with Crippen molar-refractivity contribution in [3.63, 3.8) is 0 Å². The van der Waals surface area contributed by atoms with Gasteiger partial charge in [-0.05, 0) is 191 Å². The van der Waals surface area contributed by atoms with E-state index >= 15 is 0 Å². The molecule has 2 aliphatic heterocycles. The molecule has 18 aromatic carbocycles. The predicted molar refractivity (Wildman–Crippen MR) is 415 cm³/mol. The van der Waals surface area contributed by atoms with Crippen molar-refractivity contribution >= 4 is 64.6 Å². The molecule has 466 valence electrons. The highest BCUT2D eigenvalue weighted by Gasteiger charge is 2.49. The molecule has 2 nitrogen and oxygen atoms in total. The molecule has 2 heteroatoms. The van der Waals surface area contributed by atoms with E-state index in [0.717, 1.165) is 117 Å². The zero-order valence-corrected chi connectivity index (χ0v) is 54.6. The average molecular weight is 1270 g/mol. The van der Waals surface area contributed by atoms with Crippen LogP contribution >= 0.6 is 0 Å². The fraction of sp³-hybridized carbons (Fsp3) is 0.0204. The van der Waals surface area contributed by atoms with Crippen LogP contribution in [0.5, 0.6) is 23.0 Å². The second-order valence-corrected chi connectivity index (χ2v) is 26.7. The van der Waals surface area contributed by atoms with Crippen molar-refractivity contribution in [2.75, 3.05) is 0 Å². The van der Waals surface area contributed by atoms with Crippen molar-refractivity contribution in [3.8, 4) is 78.6 Å². The molecule has 0 spiro atoms. The highest BCUT2D eigenvalue weighted by Crippen LogP contribution is 2.62. The van der Waals surface area contributed by atoms with Gasteiger partial charge in [0.25, 0.3) is 0 Å². The van der Waals surface area contributed by atoms with Gasteiger partial charge in [-0.15, -0.1) is 0 Å². The van der Waals surface area contributed by atoms with Crippen LogP contribution in [0.25, 0.3) is 120 Å². The first kappa shape index (κ1) is 57.4. The molecule has 0 unspecified atom stereocenters. The lowest BCUT2D eigenvalue weighted by atomic mass is 9.62. The van der Waals surface area contributed by atoms with Crippen molar-refractivity contribution in [2.24, 2.45) is 0 Å². The van der Waals surface area contributed by atoms with Crippen LogP contribution < -0.4 is 9.47 Å². The maximum Gasteiger partial charge on any atom is 0.132 e. The standard InChI is InChI=1S/C98H62O2/c1-5-31-69(32-6-1)97(70-33-7-2-8-34-70)87-49-17-19-51-89(87)99-91-53-25-47-81(95(91)97)75-41-23-45-79-85(75)62-86-76(82-48-26-54-92-96(82)98(71-35-9-3-10-36-71,72-37-11-4-12-38-72)88-50-18-20-52-90(88)100-92)42-24-46-80(86)94(79)93-77-43-21-39-73(67-57-55-63-27-13-15-29-65(63)59-67)83(77)61-84-74(40-22-44-78(84)93)68-58-56-64-28-14-16-30-66(64)60-68/h1-62H. The molecular formula is C98H62O2. The summed E-state index contributed by atoms with van der Waals surface area (Å²) in [6.07, 6.45) is 0. The largest absolute Gasteiger partial charge is 0.457 e. The zero-order chi connectivity index (χ0) is 65.9. The number of benzene rings is 18. The van der Waals surface area contributed by atoms with Crippen LogP contribution in [0.15, 0.2) is 376 Å². The van der Waals surface area contributed by atoms with E-state index in [1.54, 1.807) is 0 Å². The molecule has 0 aromatic heterocycles. The second kappa shape index (κ2) is 22.9. The van der Waals surface area contributed by atoms with Crippen LogP contribution in [-0.4, -0.2) is 0 Å². The quantitative estimate of drug-likeness (QED) is 0.134. The Morgan fingerprint density at radius 3 is 0.850 bits per heavy atom. The molecule has 0 aliphatic carbocycles. The first-order valence-electron chi connectivity index (χ1n) is 34.6. The lowest BCUT2D eigenvalue weighted by Crippen LogP contribution is -2.34. The zero-order valence-electron chi connectivity index (χ0n) is 54.6. The van der Waals surface area contributed by atoms with Crippen LogP contribution in [0.1, 0.15) is 44.5 Å². The van der Waals surface area contributed by atoms with Crippen molar-refractivity contribution in [2.45, 2.75) is 10.8 Å². The van der Waals surface area contributed by atoms with Crippen molar-refractivity contribution < 1.29 is 9.47 Å². The van der Waals surface area contributed by atoms with Crippen LogP contribution in [-0.2, 0) is 10.8 Å². The van der Waals surface area contributed by atoms with E-state index in [9.17, 15) is 0 Å². The van der Waals surface area contributed by atoms with Gasteiger partial charge >= 0.3 is 0 Å². The smallest absolute Gasteiger partial charge is 0.132 e. The molecule has 2 heterocycles. The summed E-state index contributed by atoms with van der Waals surface area (Å²) in [5.41, 5.74) is 18.8. The van der Waals surface area contributed by atoms with Crippen molar-refractivity contribution in [1.82, 2.24) is 0 Å². The third kappa shape index (κ3) is 8.57. The molecule has 0 fully saturated rings. The summed E-state index contributed by atoms with van der Waals surface area (Å²) in [5.74, 6) is 3.31. The number of fused-ring (bicyclic) bond motifs is 10. The predicted octanol–water partition coefficient (Wildman–Crippen LogP) is 25.9. The maximum atomic E-state index is 7.29. The van der Waals surface area contributed by atoms with Gasteiger partial charge in [-0.1, -0.05) is 328 Å². The number of ether oxygens (including phenoxy) is 2. The molecule has 0 amide bonds. The van der Waals surface area contributed by atoms with Gasteiger partial charge in [-0.25, -0.2) is 0 Å². The van der Waals surface area contributed by atoms with E-state index in [1.165, 1.54) is 70.9 Å². The van der Waals surface area contributed by atoms with Gasteiger partial charge in [0.15, 0.2) is 0 Å². The normalized spacial score (nSPS) is 13.3. The topological polar surface area (TPSA) is 18.5 Å². The lowest BCUT2D eigenvalue weighted by Gasteiger charge is -2.43. The van der Waals surface area contributed by atoms with E-state index in [-0.39, 0.29) is 0 Å². The number of hydrogen-bond donors (Lipinski definition) is 0. The van der Waals surface area contributed by atoms with Crippen LogP contribution in [0.4, 0.5) is 0 Å². The van der Waals surface area contributed by atoms with Crippen LogP contribution in [0.3, 0.4) is 0 Å². The Balaban J connectivity index is 0.962. The molecule has 20 rings (SSSR count). The summed E-state index contributed by atoms with van der Waals surface area (Å²) in [6.45, 7) is 0. The van der Waals surface area contributed by atoms with Gasteiger partial charge in [-0.2, -0.15) is 0 Å². The van der Waals surface area contributed by atoms with Crippen LogP contribution in [0, 0.1) is 0 Å². The van der Waals surface area contributed by atoms with Crippen molar-refractivity contribution in [1.29, 1.82) is 0 Å². The summed E-state index contributed by atoms with van der Waals surface area (Å²) in [7, 11) is 0. The highest BCUT2D eigenvalue weighted by atomic mass is 16.5. The minimum absolute atomic E-state index is 0.807. The summed E-state index contributed by atoms with van der Waals surface area (Å²) < 4.78 is 14.6. The lowest BCUT2D eigenvalue weighted by molar-refractivity contribution is 0.435. The third-order valence-corrected chi connectivity index (χ3v) is 21.7. The second-order valence-electron chi connectivity index (χ2n) is 26.7. The minimum Gasteiger partial charge on any atom is -0.457 e. The van der Waals surface area contributed by atoms with Gasteiger partial charge in [0.2, 0.25) is 0 Å². The minimum atomic E-state index is -0.807. The molecule has 0 saturated heterocycles. The first-order valence-corrected chi connectivity index (χ1v) is 34.6. The summed E-state index contributed by atoms with van der Waals surface area (Å²) >= 11 is 0. The van der Waals surface area contributed by atoms with Gasteiger partial charge in [0, 0.05) is 22.3 Å². The Bertz CT molecular complexity index is 5870. The van der Waals surface area contributed by atoms with Crippen LogP contribution in [0.2, 0.25) is 0 Å². The molecule has 0 atom stereocenters. The van der Waals surface area contributed by atoms with E-state index in [0.29, 0.717) is 0 Å². The Kier molecular flexibility index (Phi) is 13.1. The molecular weight excluding hydrogens is 1210 g/mol. The molecule has 2 aliphatic rings. The SMILES string of the molecule is c1ccc(C2(c3ccccc3)c3ccccc3Oc3cccc(-c4cccc5c(-c6c7cccc(-c8ccc9ccccc9c8)c7cc7c(-c8ccc9ccccc9c8)cccc67)c6cccc(-c7cccc8c7C(c7ccccc7)(c7ccccc7)c7ccccc7O8)c6cc45)c32)cc1. The summed E-state index contributed by atoms with van der Waals surface area (Å²) in [4.78, 5) is 0. The van der Waals surface area contributed by atoms with E-state index in [4.69, 9.17) is 9.47 Å². The monoisotopic (exact) mass is 1270 g/mol. The first-order chi connectivity index (χ1) is 49.6. The molecule has 18 aromatic rings. The molecule has 0 bridgehead atoms.